The molecule has 1 rings (SSSR count). The Morgan fingerprint density at radius 1 is 1.43 bits per heavy atom. The molecule has 4 nitrogen and oxygen atoms in total. The van der Waals surface area contributed by atoms with E-state index in [1.54, 1.807) is 6.07 Å². The van der Waals surface area contributed by atoms with E-state index in [1.807, 2.05) is 13.0 Å². The van der Waals surface area contributed by atoms with Gasteiger partial charge in [0.2, 0.25) is 0 Å². The number of aliphatic hydroxyl groups excluding tert-OH is 1. The van der Waals surface area contributed by atoms with Crippen LogP contribution in [0.15, 0.2) is 12.1 Å². The van der Waals surface area contributed by atoms with Crippen molar-refractivity contribution >= 4 is 17.2 Å². The number of aliphatic hydroxyl groups is 1. The molecule has 0 saturated heterocycles. The van der Waals surface area contributed by atoms with E-state index in [9.17, 15) is 4.79 Å². The van der Waals surface area contributed by atoms with Crippen LogP contribution in [0, 0.1) is 11.8 Å². The molecule has 0 aliphatic carbocycles. The summed E-state index contributed by atoms with van der Waals surface area (Å²) >= 11 is 1.38. The van der Waals surface area contributed by atoms with Gasteiger partial charge in [-0.15, -0.1) is 11.3 Å². The van der Waals surface area contributed by atoms with E-state index in [0.717, 1.165) is 24.5 Å². The second kappa shape index (κ2) is 9.56. The van der Waals surface area contributed by atoms with Gasteiger partial charge in [-0.05, 0) is 32.1 Å². The number of rotatable bonds is 7. The van der Waals surface area contributed by atoms with E-state index < -0.39 is 0 Å². The van der Waals surface area contributed by atoms with Crippen molar-refractivity contribution in [2.45, 2.75) is 33.2 Å². The number of carbonyl (C=O) groups excluding carboxylic acids is 1. The lowest BCUT2D eigenvalue weighted by molar-refractivity contribution is 0.0934. The predicted octanol–water partition coefficient (Wildman–Crippen LogP) is 1.94. The second-order valence-electron chi connectivity index (χ2n) is 4.80. The Labute approximate surface area is 131 Å². The molecule has 0 aliphatic rings. The summed E-state index contributed by atoms with van der Waals surface area (Å²) in [7, 11) is 0. The van der Waals surface area contributed by atoms with Gasteiger partial charge >= 0.3 is 0 Å². The zero-order chi connectivity index (χ0) is 15.7. The lowest BCUT2D eigenvalue weighted by Crippen LogP contribution is -2.41. The number of nitrogens with zero attached hydrogens (tertiary/aromatic N) is 1. The molecule has 1 heterocycles. The van der Waals surface area contributed by atoms with E-state index >= 15 is 0 Å². The van der Waals surface area contributed by atoms with Gasteiger partial charge in [0, 0.05) is 19.0 Å². The number of likely N-dealkylation sites (N-methyl/N-ethyl adjacent to an activating group) is 1. The minimum Gasteiger partial charge on any atom is -0.395 e. The molecule has 0 fully saturated rings. The van der Waals surface area contributed by atoms with Crippen LogP contribution in [0.4, 0.5) is 0 Å². The second-order valence-corrected chi connectivity index (χ2v) is 5.88. The molecule has 21 heavy (non-hydrogen) atoms. The number of hydrogen-bond donors (Lipinski definition) is 2. The quantitative estimate of drug-likeness (QED) is 0.757. The highest BCUT2D eigenvalue weighted by Gasteiger charge is 2.13. The minimum atomic E-state index is -0.0464. The van der Waals surface area contributed by atoms with E-state index in [-0.39, 0.29) is 18.6 Å². The van der Waals surface area contributed by atoms with Crippen LogP contribution in [0.3, 0.4) is 0 Å². The van der Waals surface area contributed by atoms with Crippen LogP contribution < -0.4 is 5.32 Å². The lowest BCUT2D eigenvalue weighted by Gasteiger charge is -2.23. The van der Waals surface area contributed by atoms with Gasteiger partial charge in [0.25, 0.3) is 5.91 Å². The summed E-state index contributed by atoms with van der Waals surface area (Å²) in [6.45, 7) is 9.15. The highest BCUT2D eigenvalue weighted by Crippen LogP contribution is 2.15. The first-order valence-corrected chi connectivity index (χ1v) is 8.15. The molecule has 0 aliphatic heterocycles. The highest BCUT2D eigenvalue weighted by atomic mass is 32.1. The van der Waals surface area contributed by atoms with Gasteiger partial charge in [0.15, 0.2) is 0 Å². The summed E-state index contributed by atoms with van der Waals surface area (Å²) in [5, 5.41) is 11.7. The molecular formula is C16H24N2O2S. The molecule has 0 aromatic carbocycles. The summed E-state index contributed by atoms with van der Waals surface area (Å²) in [5.74, 6) is 5.76. The maximum atomic E-state index is 12.1. The fraction of sp³-hybridized carbons (Fsp3) is 0.562. The van der Waals surface area contributed by atoms with Gasteiger partial charge in [-0.25, -0.2) is 0 Å². The summed E-state index contributed by atoms with van der Waals surface area (Å²) in [6, 6.07) is 3.76. The fourth-order valence-electron chi connectivity index (χ4n) is 1.94. The van der Waals surface area contributed by atoms with E-state index in [1.165, 1.54) is 11.3 Å². The maximum absolute atomic E-state index is 12.1. The van der Waals surface area contributed by atoms with Gasteiger partial charge in [-0.3, -0.25) is 4.79 Å². The van der Waals surface area contributed by atoms with Crippen molar-refractivity contribution in [1.82, 2.24) is 10.2 Å². The number of hydrogen-bond acceptors (Lipinski definition) is 4. The third-order valence-electron chi connectivity index (χ3n) is 3.08. The first-order chi connectivity index (χ1) is 10.1. The molecule has 116 valence electrons. The van der Waals surface area contributed by atoms with Crippen molar-refractivity contribution < 1.29 is 9.90 Å². The molecule has 0 radical (unpaired) electrons. The molecule has 1 amide bonds. The zero-order valence-corrected chi connectivity index (χ0v) is 13.8. The summed E-state index contributed by atoms with van der Waals surface area (Å²) in [5.41, 5.74) is 0. The van der Waals surface area contributed by atoms with Crippen LogP contribution >= 0.6 is 11.3 Å². The Morgan fingerprint density at radius 2 is 2.14 bits per heavy atom. The van der Waals surface area contributed by atoms with Crippen molar-refractivity contribution in [1.29, 1.82) is 0 Å². The van der Waals surface area contributed by atoms with Crippen molar-refractivity contribution in [2.75, 3.05) is 26.2 Å². The van der Waals surface area contributed by atoms with Crippen molar-refractivity contribution in [3.05, 3.63) is 21.9 Å². The molecule has 5 heteroatoms. The van der Waals surface area contributed by atoms with Gasteiger partial charge in [-0.1, -0.05) is 25.7 Å². The molecule has 0 bridgehead atoms. The summed E-state index contributed by atoms with van der Waals surface area (Å²) in [4.78, 5) is 16.0. The standard InChI is InChI=1S/C16H24N2O2S/c1-4-18(5-2)12-13(3)17-16(20)15-10-9-14(21-15)8-6-7-11-19/h9-10,13,19H,4-5,7,11-12H2,1-3H3,(H,17,20). The smallest absolute Gasteiger partial charge is 0.261 e. The molecule has 2 N–H and O–H groups in total. The van der Waals surface area contributed by atoms with E-state index in [0.29, 0.717) is 11.3 Å². The first-order valence-electron chi connectivity index (χ1n) is 7.33. The Kier molecular flexibility index (Phi) is 8.06. The molecule has 0 spiro atoms. The van der Waals surface area contributed by atoms with Gasteiger partial charge in [-0.2, -0.15) is 0 Å². The number of thiophene rings is 1. The third kappa shape index (κ3) is 6.30. The maximum Gasteiger partial charge on any atom is 0.261 e. The SMILES string of the molecule is CCN(CC)CC(C)NC(=O)c1ccc(C#CCCO)s1. The predicted molar refractivity (Wildman–Crippen MR) is 87.6 cm³/mol. The van der Waals surface area contributed by atoms with Crippen LogP contribution in [0.25, 0.3) is 0 Å². The van der Waals surface area contributed by atoms with Crippen molar-refractivity contribution in [2.24, 2.45) is 0 Å². The van der Waals surface area contributed by atoms with Crippen LogP contribution in [0.1, 0.15) is 41.7 Å². The Balaban J connectivity index is 2.54. The molecular weight excluding hydrogens is 284 g/mol. The normalized spacial score (nSPS) is 11.9. The first kappa shape index (κ1) is 17.7. The molecule has 1 atom stereocenters. The van der Waals surface area contributed by atoms with E-state index in [2.05, 4.69) is 35.9 Å². The fourth-order valence-corrected chi connectivity index (χ4v) is 2.73. The monoisotopic (exact) mass is 308 g/mol. The van der Waals surface area contributed by atoms with Crippen LogP contribution in [-0.2, 0) is 0 Å². The Bertz CT molecular complexity index is 498. The van der Waals surface area contributed by atoms with Gasteiger partial charge < -0.3 is 15.3 Å². The minimum absolute atomic E-state index is 0.0464. The highest BCUT2D eigenvalue weighted by molar-refractivity contribution is 7.14. The van der Waals surface area contributed by atoms with Gasteiger partial charge in [0.1, 0.15) is 0 Å². The van der Waals surface area contributed by atoms with E-state index in [4.69, 9.17) is 5.11 Å². The summed E-state index contributed by atoms with van der Waals surface area (Å²) < 4.78 is 0. The average molecular weight is 308 g/mol. The van der Waals surface area contributed by atoms with Gasteiger partial charge in [0.05, 0.1) is 16.4 Å². The molecule has 1 aromatic rings. The number of carbonyl (C=O) groups is 1. The van der Waals surface area contributed by atoms with Crippen molar-refractivity contribution in [3.63, 3.8) is 0 Å². The molecule has 1 unspecified atom stereocenters. The number of amides is 1. The lowest BCUT2D eigenvalue weighted by atomic mass is 10.3. The molecule has 1 aromatic heterocycles. The summed E-state index contributed by atoms with van der Waals surface area (Å²) in [6.07, 6.45) is 0.459. The zero-order valence-electron chi connectivity index (χ0n) is 13.0. The third-order valence-corrected chi connectivity index (χ3v) is 4.08. The Morgan fingerprint density at radius 3 is 2.76 bits per heavy atom. The molecule has 0 saturated carbocycles. The van der Waals surface area contributed by atoms with Crippen LogP contribution in [0.5, 0.6) is 0 Å². The number of nitrogens with one attached hydrogen (secondary N) is 1. The largest absolute Gasteiger partial charge is 0.395 e. The average Bonchev–Trinajstić information content (AvgIpc) is 2.94. The van der Waals surface area contributed by atoms with Crippen LogP contribution in [0.2, 0.25) is 0 Å². The topological polar surface area (TPSA) is 52.6 Å². The van der Waals surface area contributed by atoms with Crippen LogP contribution in [-0.4, -0.2) is 48.2 Å². The van der Waals surface area contributed by atoms with Crippen molar-refractivity contribution in [3.8, 4) is 11.8 Å². The Hall–Kier alpha value is -1.35.